The first-order valence-corrected chi connectivity index (χ1v) is 6.89. The van der Waals surface area contributed by atoms with Gasteiger partial charge in [0.05, 0.1) is 15.7 Å². The van der Waals surface area contributed by atoms with Crippen LogP contribution in [-0.4, -0.2) is 15.0 Å². The van der Waals surface area contributed by atoms with E-state index in [0.717, 1.165) is 26.7 Å². The first-order chi connectivity index (χ1) is 8.40. The Labute approximate surface area is 105 Å². The molecule has 0 saturated carbocycles. The van der Waals surface area contributed by atoms with Crippen molar-refractivity contribution >= 4 is 43.2 Å². The normalized spacial score (nSPS) is 11.5. The summed E-state index contributed by atoms with van der Waals surface area (Å²) in [5.41, 5.74) is 2.12. The van der Waals surface area contributed by atoms with Gasteiger partial charge in [-0.3, -0.25) is 0 Å². The molecule has 0 atom stereocenters. The van der Waals surface area contributed by atoms with Gasteiger partial charge in [-0.15, -0.1) is 22.7 Å². The molecule has 0 bridgehead atoms. The number of nitrogens with zero attached hydrogens (tertiary/aromatic N) is 2. The number of aromatic nitrogens is 3. The van der Waals surface area contributed by atoms with Crippen molar-refractivity contribution in [1.82, 2.24) is 15.0 Å². The zero-order chi connectivity index (χ0) is 11.2. The van der Waals surface area contributed by atoms with Crippen molar-refractivity contribution in [2.45, 2.75) is 0 Å². The lowest BCUT2D eigenvalue weighted by Crippen LogP contribution is -1.77. The van der Waals surface area contributed by atoms with E-state index >= 15 is 0 Å². The van der Waals surface area contributed by atoms with E-state index in [1.165, 1.54) is 4.70 Å². The minimum atomic E-state index is 0.869. The van der Waals surface area contributed by atoms with E-state index in [9.17, 15) is 0 Å². The van der Waals surface area contributed by atoms with Gasteiger partial charge in [0.15, 0.2) is 10.8 Å². The minimum Gasteiger partial charge on any atom is -0.335 e. The SMILES string of the molecule is c1ccc2sc(-c3nc4sccc4[nH]3)nc2c1. The van der Waals surface area contributed by atoms with Gasteiger partial charge >= 0.3 is 0 Å². The van der Waals surface area contributed by atoms with Crippen molar-refractivity contribution in [3.05, 3.63) is 35.7 Å². The first kappa shape index (κ1) is 9.32. The van der Waals surface area contributed by atoms with Crippen molar-refractivity contribution in [2.24, 2.45) is 0 Å². The second-order valence-electron chi connectivity index (χ2n) is 3.71. The average molecular weight is 257 g/mol. The summed E-state index contributed by atoms with van der Waals surface area (Å²) in [6, 6.07) is 10.2. The van der Waals surface area contributed by atoms with Crippen LogP contribution in [0.15, 0.2) is 35.7 Å². The topological polar surface area (TPSA) is 41.6 Å². The predicted molar refractivity (Wildman–Crippen MR) is 72.6 cm³/mol. The maximum Gasteiger partial charge on any atom is 0.168 e. The van der Waals surface area contributed by atoms with Crippen molar-refractivity contribution < 1.29 is 0 Å². The molecule has 4 rings (SSSR count). The Morgan fingerprint density at radius 3 is 2.88 bits per heavy atom. The van der Waals surface area contributed by atoms with E-state index in [1.807, 2.05) is 29.6 Å². The molecule has 0 spiro atoms. The Balaban J connectivity index is 1.95. The van der Waals surface area contributed by atoms with Gasteiger partial charge in [-0.1, -0.05) is 12.1 Å². The number of imidazole rings is 1. The van der Waals surface area contributed by atoms with Gasteiger partial charge in [-0.05, 0) is 23.6 Å². The van der Waals surface area contributed by atoms with E-state index in [1.54, 1.807) is 22.7 Å². The van der Waals surface area contributed by atoms with Crippen LogP contribution in [-0.2, 0) is 0 Å². The molecular formula is C12H7N3S2. The summed E-state index contributed by atoms with van der Waals surface area (Å²) < 4.78 is 1.20. The summed E-state index contributed by atoms with van der Waals surface area (Å²) in [5, 5.41) is 2.99. The summed E-state index contributed by atoms with van der Waals surface area (Å²) in [7, 11) is 0. The Hall–Kier alpha value is -1.72. The van der Waals surface area contributed by atoms with Crippen LogP contribution < -0.4 is 0 Å². The molecule has 17 heavy (non-hydrogen) atoms. The third-order valence-electron chi connectivity index (χ3n) is 2.61. The summed E-state index contributed by atoms with van der Waals surface area (Å²) >= 11 is 3.31. The Bertz CT molecular complexity index is 748. The van der Waals surface area contributed by atoms with Crippen LogP contribution in [0.2, 0.25) is 0 Å². The summed E-state index contributed by atoms with van der Waals surface area (Å²) in [6.07, 6.45) is 0. The summed E-state index contributed by atoms with van der Waals surface area (Å²) in [4.78, 5) is 13.5. The van der Waals surface area contributed by atoms with Crippen molar-refractivity contribution in [3.63, 3.8) is 0 Å². The maximum atomic E-state index is 4.59. The smallest absolute Gasteiger partial charge is 0.168 e. The number of aromatic amines is 1. The molecule has 0 fully saturated rings. The Morgan fingerprint density at radius 1 is 1.06 bits per heavy atom. The van der Waals surface area contributed by atoms with Crippen LogP contribution in [0.25, 0.3) is 31.4 Å². The number of benzene rings is 1. The lowest BCUT2D eigenvalue weighted by Gasteiger charge is -1.85. The van der Waals surface area contributed by atoms with Crippen molar-refractivity contribution in [2.75, 3.05) is 0 Å². The van der Waals surface area contributed by atoms with Crippen molar-refractivity contribution in [1.29, 1.82) is 0 Å². The Kier molecular flexibility index (Phi) is 1.86. The highest BCUT2D eigenvalue weighted by molar-refractivity contribution is 7.21. The van der Waals surface area contributed by atoms with E-state index in [2.05, 4.69) is 21.0 Å². The number of hydrogen-bond donors (Lipinski definition) is 1. The fraction of sp³-hybridized carbons (Fsp3) is 0. The minimum absolute atomic E-state index is 0.869. The molecule has 1 aromatic carbocycles. The molecule has 3 heterocycles. The third-order valence-corrected chi connectivity index (χ3v) is 4.46. The van der Waals surface area contributed by atoms with Gasteiger partial charge in [0.2, 0.25) is 0 Å². The number of fused-ring (bicyclic) bond motifs is 2. The highest BCUT2D eigenvalue weighted by Crippen LogP contribution is 2.30. The van der Waals surface area contributed by atoms with Gasteiger partial charge in [0, 0.05) is 0 Å². The van der Waals surface area contributed by atoms with Crippen LogP contribution in [0.1, 0.15) is 0 Å². The molecule has 0 aliphatic heterocycles. The van der Waals surface area contributed by atoms with E-state index < -0.39 is 0 Å². The number of rotatable bonds is 1. The number of H-pyrrole nitrogens is 1. The summed E-state index contributed by atoms with van der Waals surface area (Å²) in [6.45, 7) is 0. The lowest BCUT2D eigenvalue weighted by atomic mass is 10.3. The lowest BCUT2D eigenvalue weighted by molar-refractivity contribution is 1.31. The number of nitrogens with one attached hydrogen (secondary N) is 1. The second kappa shape index (κ2) is 3.38. The molecule has 3 nitrogen and oxygen atoms in total. The zero-order valence-electron chi connectivity index (χ0n) is 8.68. The molecule has 0 saturated heterocycles. The highest BCUT2D eigenvalue weighted by Gasteiger charge is 2.10. The fourth-order valence-electron chi connectivity index (χ4n) is 1.81. The highest BCUT2D eigenvalue weighted by atomic mass is 32.1. The molecule has 4 aromatic rings. The van der Waals surface area contributed by atoms with Gasteiger partial charge in [0.25, 0.3) is 0 Å². The zero-order valence-corrected chi connectivity index (χ0v) is 10.3. The van der Waals surface area contributed by atoms with Gasteiger partial charge < -0.3 is 4.98 Å². The molecule has 0 aliphatic rings. The molecular weight excluding hydrogens is 250 g/mol. The summed E-state index contributed by atoms with van der Waals surface area (Å²) in [5.74, 6) is 0.869. The standard InChI is InChI=1S/C12H7N3S2/c1-2-4-9-7(3-1)14-12(17-9)10-13-8-5-6-16-11(8)15-10/h1-6H,(H,13,15). The number of thiazole rings is 1. The van der Waals surface area contributed by atoms with E-state index in [4.69, 9.17) is 0 Å². The Morgan fingerprint density at radius 2 is 2.00 bits per heavy atom. The second-order valence-corrected chi connectivity index (χ2v) is 5.64. The van der Waals surface area contributed by atoms with E-state index in [-0.39, 0.29) is 0 Å². The van der Waals surface area contributed by atoms with Crippen LogP contribution in [0.4, 0.5) is 0 Å². The molecule has 0 amide bonds. The largest absolute Gasteiger partial charge is 0.335 e. The molecule has 0 aliphatic carbocycles. The molecule has 3 aromatic heterocycles. The maximum absolute atomic E-state index is 4.59. The number of thiophene rings is 1. The van der Waals surface area contributed by atoms with Crippen LogP contribution >= 0.6 is 22.7 Å². The van der Waals surface area contributed by atoms with Gasteiger partial charge in [-0.25, -0.2) is 9.97 Å². The predicted octanol–water partition coefficient (Wildman–Crippen LogP) is 3.90. The fourth-order valence-corrected chi connectivity index (χ4v) is 3.45. The number of hydrogen-bond acceptors (Lipinski definition) is 4. The molecule has 0 radical (unpaired) electrons. The van der Waals surface area contributed by atoms with Crippen LogP contribution in [0, 0.1) is 0 Å². The average Bonchev–Trinajstić information content (AvgIpc) is 3.01. The third kappa shape index (κ3) is 1.40. The molecule has 1 N–H and O–H groups in total. The van der Waals surface area contributed by atoms with Gasteiger partial charge in [-0.2, -0.15) is 0 Å². The molecule has 82 valence electrons. The van der Waals surface area contributed by atoms with E-state index in [0.29, 0.717) is 0 Å². The van der Waals surface area contributed by atoms with Crippen molar-refractivity contribution in [3.8, 4) is 10.8 Å². The van der Waals surface area contributed by atoms with Crippen LogP contribution in [0.3, 0.4) is 0 Å². The first-order valence-electron chi connectivity index (χ1n) is 5.19. The van der Waals surface area contributed by atoms with Gasteiger partial charge in [0.1, 0.15) is 4.83 Å². The number of para-hydroxylation sites is 1. The monoisotopic (exact) mass is 257 g/mol. The molecule has 0 unspecified atom stereocenters. The van der Waals surface area contributed by atoms with Crippen LogP contribution in [0.5, 0.6) is 0 Å². The molecule has 5 heteroatoms. The quantitative estimate of drug-likeness (QED) is 0.562.